The van der Waals surface area contributed by atoms with E-state index < -0.39 is 0 Å². The zero-order valence-corrected chi connectivity index (χ0v) is 12.0. The number of benzene rings is 1. The zero-order valence-electron chi connectivity index (χ0n) is 12.0. The maximum absolute atomic E-state index is 12.2. The number of pyridine rings is 2. The summed E-state index contributed by atoms with van der Waals surface area (Å²) in [5.41, 5.74) is 3.78. The molecule has 4 nitrogen and oxygen atoms in total. The number of rotatable bonds is 2. The first kappa shape index (κ1) is 13.8. The van der Waals surface area contributed by atoms with E-state index in [2.05, 4.69) is 9.97 Å². The third-order valence-electron chi connectivity index (χ3n) is 3.48. The third kappa shape index (κ3) is 2.52. The molecule has 3 aromatic rings. The van der Waals surface area contributed by atoms with Gasteiger partial charge in [-0.3, -0.25) is 9.78 Å². The average molecular weight is 287 g/mol. The minimum Gasteiger partial charge on any atom is -0.321 e. The van der Waals surface area contributed by atoms with Gasteiger partial charge in [0.05, 0.1) is 5.69 Å². The van der Waals surface area contributed by atoms with E-state index in [1.807, 2.05) is 49.4 Å². The van der Waals surface area contributed by atoms with Gasteiger partial charge in [-0.1, -0.05) is 29.8 Å². The molecule has 2 heterocycles. The van der Waals surface area contributed by atoms with E-state index >= 15 is 0 Å². The Morgan fingerprint density at radius 2 is 1.91 bits per heavy atom. The Balaban J connectivity index is 2.24. The van der Waals surface area contributed by atoms with Gasteiger partial charge < -0.3 is 4.98 Å². The summed E-state index contributed by atoms with van der Waals surface area (Å²) in [6.07, 6.45) is 3.35. The van der Waals surface area contributed by atoms with Crippen molar-refractivity contribution >= 4 is 0 Å². The maximum Gasteiger partial charge on any atom is 0.266 e. The average Bonchev–Trinajstić information content (AvgIpc) is 2.55. The highest BCUT2D eigenvalue weighted by atomic mass is 16.1. The van der Waals surface area contributed by atoms with Crippen molar-refractivity contribution < 1.29 is 0 Å². The molecule has 0 unspecified atom stereocenters. The topological polar surface area (TPSA) is 69.5 Å². The van der Waals surface area contributed by atoms with Gasteiger partial charge in [-0.05, 0) is 30.7 Å². The highest BCUT2D eigenvalue weighted by Crippen LogP contribution is 2.25. The first-order chi connectivity index (χ1) is 10.7. The first-order valence-corrected chi connectivity index (χ1v) is 6.84. The fourth-order valence-electron chi connectivity index (χ4n) is 2.31. The largest absolute Gasteiger partial charge is 0.321 e. The Morgan fingerprint density at radius 1 is 1.14 bits per heavy atom. The molecule has 1 N–H and O–H groups in total. The number of nitriles is 1. The van der Waals surface area contributed by atoms with Gasteiger partial charge in [0.1, 0.15) is 11.6 Å². The molecule has 0 saturated heterocycles. The van der Waals surface area contributed by atoms with Crippen LogP contribution in [0.15, 0.2) is 59.7 Å². The Morgan fingerprint density at radius 3 is 2.55 bits per heavy atom. The fourth-order valence-corrected chi connectivity index (χ4v) is 2.31. The predicted molar refractivity (Wildman–Crippen MR) is 85.2 cm³/mol. The van der Waals surface area contributed by atoms with Crippen LogP contribution >= 0.6 is 0 Å². The lowest BCUT2D eigenvalue weighted by Crippen LogP contribution is -2.12. The maximum atomic E-state index is 12.2. The lowest BCUT2D eigenvalue weighted by molar-refractivity contribution is 1.21. The SMILES string of the molecule is Cc1ccc(-c2cc(-c3cccnc3)[nH]c(=O)c2C#N)cc1. The lowest BCUT2D eigenvalue weighted by Gasteiger charge is -2.08. The molecule has 0 bridgehead atoms. The molecule has 106 valence electrons. The number of aromatic amines is 1. The van der Waals surface area contributed by atoms with Gasteiger partial charge in [0.25, 0.3) is 5.56 Å². The zero-order chi connectivity index (χ0) is 15.5. The number of H-pyrrole nitrogens is 1. The summed E-state index contributed by atoms with van der Waals surface area (Å²) in [4.78, 5) is 19.0. The molecular weight excluding hydrogens is 274 g/mol. The van der Waals surface area contributed by atoms with Crippen LogP contribution < -0.4 is 5.56 Å². The quantitative estimate of drug-likeness (QED) is 0.786. The predicted octanol–water partition coefficient (Wildman–Crippen LogP) is 3.28. The second-order valence-corrected chi connectivity index (χ2v) is 5.02. The molecule has 2 aromatic heterocycles. The number of nitrogens with one attached hydrogen (secondary N) is 1. The molecule has 0 atom stereocenters. The van der Waals surface area contributed by atoms with Gasteiger partial charge in [-0.15, -0.1) is 0 Å². The monoisotopic (exact) mass is 287 g/mol. The summed E-state index contributed by atoms with van der Waals surface area (Å²) >= 11 is 0. The van der Waals surface area contributed by atoms with E-state index in [1.165, 1.54) is 0 Å². The summed E-state index contributed by atoms with van der Waals surface area (Å²) < 4.78 is 0. The first-order valence-electron chi connectivity index (χ1n) is 6.84. The van der Waals surface area contributed by atoms with E-state index in [-0.39, 0.29) is 11.1 Å². The molecule has 4 heteroatoms. The van der Waals surface area contributed by atoms with Crippen molar-refractivity contribution in [3.05, 3.63) is 76.3 Å². The van der Waals surface area contributed by atoms with Crippen LogP contribution in [0.5, 0.6) is 0 Å². The second-order valence-electron chi connectivity index (χ2n) is 5.02. The Labute approximate surface area is 127 Å². The molecule has 0 fully saturated rings. The van der Waals surface area contributed by atoms with Crippen molar-refractivity contribution in [1.29, 1.82) is 5.26 Å². The number of nitrogens with zero attached hydrogens (tertiary/aromatic N) is 2. The van der Waals surface area contributed by atoms with Crippen LogP contribution in [-0.2, 0) is 0 Å². The Kier molecular flexibility index (Phi) is 3.55. The van der Waals surface area contributed by atoms with E-state index in [4.69, 9.17) is 0 Å². The fraction of sp³-hybridized carbons (Fsp3) is 0.0556. The smallest absolute Gasteiger partial charge is 0.266 e. The Hall–Kier alpha value is -3.19. The van der Waals surface area contributed by atoms with E-state index in [0.717, 1.165) is 16.7 Å². The van der Waals surface area contributed by atoms with Crippen molar-refractivity contribution in [3.8, 4) is 28.5 Å². The molecule has 0 radical (unpaired) electrons. The van der Waals surface area contributed by atoms with Crippen molar-refractivity contribution in [2.24, 2.45) is 0 Å². The summed E-state index contributed by atoms with van der Waals surface area (Å²) in [6, 6.07) is 15.2. The second kappa shape index (κ2) is 5.66. The van der Waals surface area contributed by atoms with Crippen molar-refractivity contribution in [1.82, 2.24) is 9.97 Å². The van der Waals surface area contributed by atoms with Crippen molar-refractivity contribution in [2.75, 3.05) is 0 Å². The molecule has 0 aliphatic heterocycles. The highest BCUT2D eigenvalue weighted by Gasteiger charge is 2.12. The van der Waals surface area contributed by atoms with Crippen LogP contribution in [0, 0.1) is 18.3 Å². The molecule has 0 aliphatic carbocycles. The normalized spacial score (nSPS) is 10.2. The van der Waals surface area contributed by atoms with Gasteiger partial charge in [0, 0.05) is 23.5 Å². The minimum absolute atomic E-state index is 0.122. The van der Waals surface area contributed by atoms with Gasteiger partial charge in [-0.2, -0.15) is 5.26 Å². The molecular formula is C18H13N3O. The summed E-state index contributed by atoms with van der Waals surface area (Å²) in [5.74, 6) is 0. The summed E-state index contributed by atoms with van der Waals surface area (Å²) in [5, 5.41) is 9.29. The van der Waals surface area contributed by atoms with Crippen LogP contribution in [0.2, 0.25) is 0 Å². The number of aryl methyl sites for hydroxylation is 1. The molecule has 0 saturated carbocycles. The standard InChI is InChI=1S/C18H13N3O/c1-12-4-6-13(7-5-12)15-9-17(14-3-2-8-20-11-14)21-18(22)16(15)10-19/h2-9,11H,1H3,(H,21,22). The minimum atomic E-state index is -0.389. The number of hydrogen-bond acceptors (Lipinski definition) is 3. The van der Waals surface area contributed by atoms with E-state index in [9.17, 15) is 10.1 Å². The van der Waals surface area contributed by atoms with Gasteiger partial charge in [0.15, 0.2) is 0 Å². The summed E-state index contributed by atoms with van der Waals surface area (Å²) in [6.45, 7) is 1.99. The van der Waals surface area contributed by atoms with Gasteiger partial charge >= 0.3 is 0 Å². The molecule has 0 amide bonds. The van der Waals surface area contributed by atoms with Gasteiger partial charge in [0.2, 0.25) is 0 Å². The van der Waals surface area contributed by atoms with Crippen LogP contribution in [0.3, 0.4) is 0 Å². The lowest BCUT2D eigenvalue weighted by atomic mass is 9.99. The van der Waals surface area contributed by atoms with Crippen LogP contribution in [0.4, 0.5) is 0 Å². The molecule has 0 spiro atoms. The number of aromatic nitrogens is 2. The molecule has 3 rings (SSSR count). The number of hydrogen-bond donors (Lipinski definition) is 1. The van der Waals surface area contributed by atoms with E-state index in [0.29, 0.717) is 11.3 Å². The van der Waals surface area contributed by atoms with Crippen molar-refractivity contribution in [2.45, 2.75) is 6.92 Å². The van der Waals surface area contributed by atoms with Gasteiger partial charge in [-0.25, -0.2) is 0 Å². The molecule has 1 aromatic carbocycles. The van der Waals surface area contributed by atoms with Crippen LogP contribution in [0.25, 0.3) is 22.4 Å². The Bertz CT molecular complexity index is 904. The molecule has 22 heavy (non-hydrogen) atoms. The third-order valence-corrected chi connectivity index (χ3v) is 3.48. The van der Waals surface area contributed by atoms with Crippen LogP contribution in [-0.4, -0.2) is 9.97 Å². The summed E-state index contributed by atoms with van der Waals surface area (Å²) in [7, 11) is 0. The molecule has 0 aliphatic rings. The van der Waals surface area contributed by atoms with Crippen LogP contribution in [0.1, 0.15) is 11.1 Å². The van der Waals surface area contributed by atoms with E-state index in [1.54, 1.807) is 18.5 Å². The van der Waals surface area contributed by atoms with Crippen molar-refractivity contribution in [3.63, 3.8) is 0 Å². The highest BCUT2D eigenvalue weighted by molar-refractivity contribution is 5.75.